The molecule has 0 aliphatic rings. The fourth-order valence-corrected chi connectivity index (χ4v) is 7.58. The molecule has 0 fully saturated rings. The largest absolute Gasteiger partial charge is 0.462 e. The van der Waals surface area contributed by atoms with Gasteiger partial charge in [-0.15, -0.1) is 0 Å². The Labute approximate surface area is 437 Å². The van der Waals surface area contributed by atoms with Crippen LogP contribution in [0.15, 0.2) is 122 Å². The second-order valence-corrected chi connectivity index (χ2v) is 18.8. The average molecular weight is 984 g/mol. The van der Waals surface area contributed by atoms with Gasteiger partial charge in [0.25, 0.3) is 0 Å². The molecular weight excluding hydrogens is 877 g/mol. The third-order valence-electron chi connectivity index (χ3n) is 11.9. The minimum Gasteiger partial charge on any atom is -0.462 e. The van der Waals surface area contributed by atoms with Gasteiger partial charge >= 0.3 is 17.9 Å². The van der Waals surface area contributed by atoms with Crippen molar-refractivity contribution < 1.29 is 28.6 Å². The molecule has 0 saturated carbocycles. The quantitative estimate of drug-likeness (QED) is 0.0261. The van der Waals surface area contributed by atoms with E-state index in [9.17, 15) is 14.4 Å². The summed E-state index contributed by atoms with van der Waals surface area (Å²) in [6.45, 7) is 6.36. The molecule has 0 rings (SSSR count). The van der Waals surface area contributed by atoms with Crippen molar-refractivity contribution in [3.05, 3.63) is 122 Å². The van der Waals surface area contributed by atoms with E-state index in [1.807, 2.05) is 0 Å². The van der Waals surface area contributed by atoms with Gasteiger partial charge in [-0.25, -0.2) is 0 Å². The summed E-state index contributed by atoms with van der Waals surface area (Å²) in [5, 5.41) is 0. The average Bonchev–Trinajstić information content (AvgIpc) is 3.37. The molecule has 0 spiro atoms. The number of carbonyl (C=O) groups excluding carboxylic acids is 3. The molecule has 1 atom stereocenters. The van der Waals surface area contributed by atoms with Crippen LogP contribution in [0, 0.1) is 0 Å². The number of allylic oxidation sites excluding steroid dienone is 20. The third-order valence-corrected chi connectivity index (χ3v) is 11.9. The van der Waals surface area contributed by atoms with Crippen molar-refractivity contribution in [1.29, 1.82) is 0 Å². The summed E-state index contributed by atoms with van der Waals surface area (Å²) < 4.78 is 16.8. The van der Waals surface area contributed by atoms with Crippen molar-refractivity contribution in [3.8, 4) is 0 Å². The highest BCUT2D eigenvalue weighted by Crippen LogP contribution is 2.14. The highest BCUT2D eigenvalue weighted by Gasteiger charge is 2.19. The standard InChI is InChI=1S/C65H106O6/c1-4-7-10-13-16-19-22-25-26-27-28-29-30-31-32-33-34-35-36-37-38-41-43-46-49-52-55-58-64(67)70-61-62(71-65(68)59-56-53-50-47-44-40-24-21-18-15-12-9-6-3)60-69-63(66)57-54-51-48-45-42-39-23-20-17-14-11-8-5-2/h7,10-12,14-16,19-21,23-26,28-29,31-32,34-35,62H,4-6,8-9,13,17-18,22,27,30,33,36-61H2,1-3H3/b10-7-,14-11-,15-12-,19-16-,23-20-,24-21-,26-25-,29-28-,32-31-,35-34-. The van der Waals surface area contributed by atoms with Crippen molar-refractivity contribution in [2.24, 2.45) is 0 Å². The Hall–Kier alpha value is -4.19. The van der Waals surface area contributed by atoms with Gasteiger partial charge < -0.3 is 14.2 Å². The van der Waals surface area contributed by atoms with Crippen molar-refractivity contribution >= 4 is 17.9 Å². The molecular formula is C65H106O6. The number of hydrogen-bond acceptors (Lipinski definition) is 6. The summed E-state index contributed by atoms with van der Waals surface area (Å²) >= 11 is 0. The van der Waals surface area contributed by atoms with E-state index in [4.69, 9.17) is 14.2 Å². The summed E-state index contributed by atoms with van der Waals surface area (Å²) in [7, 11) is 0. The molecule has 6 heteroatoms. The Morgan fingerprint density at radius 2 is 0.549 bits per heavy atom. The predicted octanol–water partition coefficient (Wildman–Crippen LogP) is 19.6. The first-order valence-corrected chi connectivity index (χ1v) is 29.0. The number of hydrogen-bond donors (Lipinski definition) is 0. The first kappa shape index (κ1) is 66.8. The first-order valence-electron chi connectivity index (χ1n) is 29.0. The first-order chi connectivity index (χ1) is 35.0. The van der Waals surface area contributed by atoms with Crippen molar-refractivity contribution in [2.45, 2.75) is 258 Å². The van der Waals surface area contributed by atoms with Crippen molar-refractivity contribution in [2.75, 3.05) is 13.2 Å². The molecule has 71 heavy (non-hydrogen) atoms. The molecule has 0 aromatic carbocycles. The van der Waals surface area contributed by atoms with Gasteiger partial charge in [-0.3, -0.25) is 14.4 Å². The van der Waals surface area contributed by atoms with E-state index in [1.165, 1.54) is 44.9 Å². The Morgan fingerprint density at radius 1 is 0.296 bits per heavy atom. The molecule has 0 bridgehead atoms. The van der Waals surface area contributed by atoms with E-state index in [0.717, 1.165) is 167 Å². The topological polar surface area (TPSA) is 78.9 Å². The van der Waals surface area contributed by atoms with Crippen LogP contribution in [0.2, 0.25) is 0 Å². The Morgan fingerprint density at radius 3 is 0.859 bits per heavy atom. The van der Waals surface area contributed by atoms with E-state index < -0.39 is 6.10 Å². The molecule has 402 valence electrons. The normalized spacial score (nSPS) is 13.0. The van der Waals surface area contributed by atoms with Crippen LogP contribution < -0.4 is 0 Å². The van der Waals surface area contributed by atoms with Crippen LogP contribution in [0.1, 0.15) is 252 Å². The number of carbonyl (C=O) groups is 3. The van der Waals surface area contributed by atoms with E-state index in [1.54, 1.807) is 0 Å². The zero-order chi connectivity index (χ0) is 51.4. The maximum absolute atomic E-state index is 12.8. The highest BCUT2D eigenvalue weighted by atomic mass is 16.6. The molecule has 0 radical (unpaired) electrons. The lowest BCUT2D eigenvalue weighted by molar-refractivity contribution is -0.167. The van der Waals surface area contributed by atoms with Crippen LogP contribution in [0.5, 0.6) is 0 Å². The van der Waals surface area contributed by atoms with Crippen LogP contribution in [0.4, 0.5) is 0 Å². The molecule has 0 aromatic heterocycles. The summed E-state index contributed by atoms with van der Waals surface area (Å²) in [4.78, 5) is 38.1. The molecule has 0 aromatic rings. The number of esters is 3. The summed E-state index contributed by atoms with van der Waals surface area (Å²) in [5.74, 6) is -0.935. The molecule has 0 heterocycles. The van der Waals surface area contributed by atoms with Gasteiger partial charge in [0.1, 0.15) is 13.2 Å². The minimum absolute atomic E-state index is 0.0954. The van der Waals surface area contributed by atoms with Gasteiger partial charge in [0.15, 0.2) is 6.10 Å². The van der Waals surface area contributed by atoms with Gasteiger partial charge in [-0.1, -0.05) is 232 Å². The maximum Gasteiger partial charge on any atom is 0.306 e. The van der Waals surface area contributed by atoms with Gasteiger partial charge in [-0.05, 0) is 122 Å². The predicted molar refractivity (Wildman–Crippen MR) is 306 cm³/mol. The van der Waals surface area contributed by atoms with Crippen molar-refractivity contribution in [3.63, 3.8) is 0 Å². The lowest BCUT2D eigenvalue weighted by Gasteiger charge is -2.18. The van der Waals surface area contributed by atoms with Gasteiger partial charge in [0, 0.05) is 19.3 Å². The highest BCUT2D eigenvalue weighted by molar-refractivity contribution is 5.71. The Balaban J connectivity index is 4.33. The zero-order valence-electron chi connectivity index (χ0n) is 45.9. The molecule has 0 saturated heterocycles. The van der Waals surface area contributed by atoms with Gasteiger partial charge in [0.2, 0.25) is 0 Å². The second-order valence-electron chi connectivity index (χ2n) is 18.8. The Kier molecular flexibility index (Phi) is 54.9. The van der Waals surface area contributed by atoms with E-state index in [2.05, 4.69) is 142 Å². The minimum atomic E-state index is -0.798. The zero-order valence-corrected chi connectivity index (χ0v) is 45.9. The lowest BCUT2D eigenvalue weighted by Crippen LogP contribution is -2.30. The number of unbranched alkanes of at least 4 members (excludes halogenated alkanes) is 20. The van der Waals surface area contributed by atoms with E-state index in [0.29, 0.717) is 19.3 Å². The summed E-state index contributed by atoms with van der Waals surface area (Å²) in [6.07, 6.45) is 80.5. The third kappa shape index (κ3) is 56.6. The number of ether oxygens (including phenoxy) is 3. The maximum atomic E-state index is 12.8. The number of rotatable bonds is 51. The SMILES string of the molecule is CC/C=C\C/C=C\C/C=C\C/C=C\C/C=C\C/C=C\CCCCCCCCCCC(=O)OCC(COC(=O)CCCCCCC/C=C\C/C=C\CCC)OC(=O)CCCCCCC/C=C\C/C=C\CCC. The molecule has 0 aliphatic carbocycles. The van der Waals surface area contributed by atoms with Crippen LogP contribution >= 0.6 is 0 Å². The molecule has 0 amide bonds. The Bertz CT molecular complexity index is 1500. The van der Waals surface area contributed by atoms with Crippen LogP contribution in [-0.4, -0.2) is 37.2 Å². The van der Waals surface area contributed by atoms with Crippen LogP contribution in [0.3, 0.4) is 0 Å². The van der Waals surface area contributed by atoms with Crippen LogP contribution in [0.25, 0.3) is 0 Å². The lowest BCUT2D eigenvalue weighted by atomic mass is 10.1. The summed E-state index contributed by atoms with van der Waals surface area (Å²) in [6, 6.07) is 0. The van der Waals surface area contributed by atoms with Gasteiger partial charge in [-0.2, -0.15) is 0 Å². The second kappa shape index (κ2) is 58.4. The van der Waals surface area contributed by atoms with Crippen molar-refractivity contribution in [1.82, 2.24) is 0 Å². The van der Waals surface area contributed by atoms with Gasteiger partial charge in [0.05, 0.1) is 0 Å². The summed E-state index contributed by atoms with van der Waals surface area (Å²) in [5.41, 5.74) is 0. The monoisotopic (exact) mass is 983 g/mol. The van der Waals surface area contributed by atoms with Crippen LogP contribution in [-0.2, 0) is 28.6 Å². The smallest absolute Gasteiger partial charge is 0.306 e. The fraction of sp³-hybridized carbons (Fsp3) is 0.646. The molecule has 6 nitrogen and oxygen atoms in total. The van der Waals surface area contributed by atoms with E-state index >= 15 is 0 Å². The fourth-order valence-electron chi connectivity index (χ4n) is 7.58. The molecule has 0 aliphatic heterocycles. The van der Waals surface area contributed by atoms with E-state index in [-0.39, 0.29) is 31.1 Å². The molecule has 1 unspecified atom stereocenters. The molecule has 0 N–H and O–H groups in total.